The van der Waals surface area contributed by atoms with Gasteiger partial charge in [-0.05, 0) is 72.5 Å². The van der Waals surface area contributed by atoms with E-state index in [1.54, 1.807) is 54.6 Å². The summed E-state index contributed by atoms with van der Waals surface area (Å²) in [5.41, 5.74) is 2.20. The van der Waals surface area contributed by atoms with Gasteiger partial charge in [-0.25, -0.2) is 0 Å². The number of nitrogens with zero attached hydrogens (tertiary/aromatic N) is 2. The second-order valence-electron chi connectivity index (χ2n) is 9.81. The van der Waals surface area contributed by atoms with Gasteiger partial charge in [0.1, 0.15) is 17.3 Å². The summed E-state index contributed by atoms with van der Waals surface area (Å²) < 4.78 is 5.78. The van der Waals surface area contributed by atoms with Gasteiger partial charge in [0.15, 0.2) is 0 Å². The molecule has 0 aliphatic carbocycles. The van der Waals surface area contributed by atoms with E-state index in [2.05, 4.69) is 0 Å². The Labute approximate surface area is 215 Å². The van der Waals surface area contributed by atoms with Crippen molar-refractivity contribution in [2.45, 2.75) is 39.2 Å². The number of benzene rings is 3. The van der Waals surface area contributed by atoms with Gasteiger partial charge in [-0.3, -0.25) is 14.5 Å². The minimum absolute atomic E-state index is 0.0282. The monoisotopic (exact) mass is 496 g/mol. The maximum atomic E-state index is 13.4. The van der Waals surface area contributed by atoms with Crippen LogP contribution in [0.15, 0.2) is 72.3 Å². The third-order valence-corrected chi connectivity index (χ3v) is 6.29. The highest BCUT2D eigenvalue weighted by atomic mass is 16.5. The van der Waals surface area contributed by atoms with Crippen LogP contribution in [0.5, 0.6) is 11.5 Å². The van der Waals surface area contributed by atoms with Crippen LogP contribution in [-0.4, -0.2) is 28.5 Å². The molecule has 1 atom stereocenters. The molecule has 0 saturated carbocycles. The molecule has 0 radical (unpaired) electrons. The Hall–Kier alpha value is -4.57. The summed E-state index contributed by atoms with van der Waals surface area (Å²) in [6.45, 7) is 8.44. The fraction of sp³-hybridized carbons (Fsp3) is 0.233. The van der Waals surface area contributed by atoms with Gasteiger partial charge in [-0.1, -0.05) is 32.9 Å². The van der Waals surface area contributed by atoms with E-state index in [1.165, 1.54) is 17.0 Å². The largest absolute Gasteiger partial charge is 0.508 e. The molecule has 1 heterocycles. The molecule has 37 heavy (non-hydrogen) atoms. The van der Waals surface area contributed by atoms with Crippen molar-refractivity contribution in [3.63, 3.8) is 0 Å². The van der Waals surface area contributed by atoms with Gasteiger partial charge in [0.05, 0.1) is 29.9 Å². The van der Waals surface area contributed by atoms with Crippen molar-refractivity contribution in [1.29, 1.82) is 5.26 Å². The van der Waals surface area contributed by atoms with Crippen molar-refractivity contribution in [3.05, 3.63) is 94.6 Å². The average Bonchev–Trinajstić information content (AvgIpc) is 3.14. The Morgan fingerprint density at radius 1 is 1.03 bits per heavy atom. The molecule has 1 amide bonds. The van der Waals surface area contributed by atoms with E-state index in [4.69, 9.17) is 10.00 Å². The number of anilines is 1. The number of phenols is 1. The lowest BCUT2D eigenvalue weighted by Crippen LogP contribution is -2.29. The molecule has 1 fully saturated rings. The quantitative estimate of drug-likeness (QED) is 0.271. The van der Waals surface area contributed by atoms with E-state index in [0.29, 0.717) is 34.7 Å². The molecule has 2 N–H and O–H groups in total. The first-order valence-electron chi connectivity index (χ1n) is 11.9. The number of ketones is 1. The molecule has 7 heteroatoms. The van der Waals surface area contributed by atoms with Gasteiger partial charge >= 0.3 is 0 Å². The van der Waals surface area contributed by atoms with Crippen LogP contribution in [0.3, 0.4) is 0 Å². The summed E-state index contributed by atoms with van der Waals surface area (Å²) in [6, 6.07) is 18.7. The lowest BCUT2D eigenvalue weighted by molar-refractivity contribution is -0.132. The minimum atomic E-state index is -0.946. The fourth-order valence-corrected chi connectivity index (χ4v) is 4.47. The highest BCUT2D eigenvalue weighted by molar-refractivity contribution is 6.51. The Bertz CT molecular complexity index is 1420. The zero-order valence-electron chi connectivity index (χ0n) is 21.1. The zero-order valence-corrected chi connectivity index (χ0v) is 21.1. The van der Waals surface area contributed by atoms with Crippen molar-refractivity contribution < 1.29 is 24.5 Å². The molecule has 0 spiro atoms. The predicted octanol–water partition coefficient (Wildman–Crippen LogP) is 5.59. The number of amides is 1. The van der Waals surface area contributed by atoms with Crippen molar-refractivity contribution >= 4 is 23.1 Å². The van der Waals surface area contributed by atoms with E-state index in [9.17, 15) is 19.8 Å². The van der Waals surface area contributed by atoms with Gasteiger partial charge in [0, 0.05) is 16.8 Å². The smallest absolute Gasteiger partial charge is 0.300 e. The number of aromatic hydroxyl groups is 1. The molecule has 0 bridgehead atoms. The molecular weight excluding hydrogens is 468 g/mol. The summed E-state index contributed by atoms with van der Waals surface area (Å²) >= 11 is 0. The van der Waals surface area contributed by atoms with Crippen LogP contribution in [-0.2, 0) is 15.0 Å². The van der Waals surface area contributed by atoms with Crippen LogP contribution in [0.25, 0.3) is 5.76 Å². The number of rotatable bonds is 5. The highest BCUT2D eigenvalue weighted by Crippen LogP contribution is 2.43. The Kier molecular flexibility index (Phi) is 6.78. The van der Waals surface area contributed by atoms with Crippen LogP contribution in [0.1, 0.15) is 56.0 Å². The molecule has 1 saturated heterocycles. The third kappa shape index (κ3) is 4.78. The van der Waals surface area contributed by atoms with Gasteiger partial charge < -0.3 is 14.9 Å². The van der Waals surface area contributed by atoms with Crippen molar-refractivity contribution in [3.8, 4) is 17.6 Å². The number of phenolic OH excluding ortho intramolecular Hbond substituents is 1. The van der Waals surface area contributed by atoms with Gasteiger partial charge in [0.25, 0.3) is 11.7 Å². The maximum Gasteiger partial charge on any atom is 0.300 e. The molecule has 0 aromatic heterocycles. The molecule has 1 unspecified atom stereocenters. The van der Waals surface area contributed by atoms with E-state index < -0.39 is 17.7 Å². The number of carbonyl (C=O) groups excluding carboxylic acids is 2. The number of aliphatic hydroxyl groups excluding tert-OH is 1. The van der Waals surface area contributed by atoms with Crippen LogP contribution >= 0.6 is 0 Å². The number of hydrogen-bond acceptors (Lipinski definition) is 6. The molecule has 7 nitrogen and oxygen atoms in total. The van der Waals surface area contributed by atoms with Gasteiger partial charge in [0.2, 0.25) is 0 Å². The maximum absolute atomic E-state index is 13.4. The van der Waals surface area contributed by atoms with E-state index in [0.717, 1.165) is 5.56 Å². The van der Waals surface area contributed by atoms with Crippen LogP contribution < -0.4 is 9.64 Å². The lowest BCUT2D eigenvalue weighted by atomic mass is 9.84. The zero-order chi connectivity index (χ0) is 26.9. The van der Waals surface area contributed by atoms with Crippen molar-refractivity contribution in [2.75, 3.05) is 11.5 Å². The fourth-order valence-electron chi connectivity index (χ4n) is 4.47. The topological polar surface area (TPSA) is 111 Å². The molecule has 1 aliphatic heterocycles. The van der Waals surface area contributed by atoms with Crippen molar-refractivity contribution in [1.82, 2.24) is 0 Å². The predicted molar refractivity (Wildman–Crippen MR) is 140 cm³/mol. The number of hydrogen-bond donors (Lipinski definition) is 2. The first-order chi connectivity index (χ1) is 17.6. The standard InChI is InChI=1S/C30H28N2O5/c1-5-37-24-15-10-20(16-23(24)30(2,3)4)27(34)25-26(19-8-13-22(33)14-9-19)32(29(36)28(25)35)21-11-6-18(17-31)7-12-21/h6-16,26,33-34H,5H2,1-4H3/b27-25-. The number of carbonyl (C=O) groups is 2. The summed E-state index contributed by atoms with van der Waals surface area (Å²) in [6.07, 6.45) is 0. The van der Waals surface area contributed by atoms with E-state index >= 15 is 0 Å². The van der Waals surface area contributed by atoms with Crippen LogP contribution in [0, 0.1) is 11.3 Å². The normalized spacial score (nSPS) is 17.1. The summed E-state index contributed by atoms with van der Waals surface area (Å²) in [7, 11) is 0. The van der Waals surface area contributed by atoms with Crippen molar-refractivity contribution in [2.24, 2.45) is 0 Å². The first kappa shape index (κ1) is 25.5. The van der Waals surface area contributed by atoms with Crippen LogP contribution in [0.4, 0.5) is 5.69 Å². The van der Waals surface area contributed by atoms with E-state index in [-0.39, 0.29) is 22.5 Å². The lowest BCUT2D eigenvalue weighted by Gasteiger charge is -2.26. The Morgan fingerprint density at radius 3 is 2.24 bits per heavy atom. The summed E-state index contributed by atoms with van der Waals surface area (Å²) in [5.74, 6) is -1.22. The molecule has 1 aliphatic rings. The van der Waals surface area contributed by atoms with Gasteiger partial charge in [-0.15, -0.1) is 0 Å². The number of nitriles is 1. The van der Waals surface area contributed by atoms with E-state index in [1.807, 2.05) is 33.8 Å². The second-order valence-corrected chi connectivity index (χ2v) is 9.81. The summed E-state index contributed by atoms with van der Waals surface area (Å²) in [4.78, 5) is 28.0. The Balaban J connectivity index is 1.93. The molecule has 188 valence electrons. The molecule has 3 aromatic rings. The first-order valence-corrected chi connectivity index (χ1v) is 11.9. The highest BCUT2D eigenvalue weighted by Gasteiger charge is 2.47. The van der Waals surface area contributed by atoms with Gasteiger partial charge in [-0.2, -0.15) is 5.26 Å². The Morgan fingerprint density at radius 2 is 1.68 bits per heavy atom. The minimum Gasteiger partial charge on any atom is -0.508 e. The average molecular weight is 497 g/mol. The number of ether oxygens (including phenoxy) is 1. The SMILES string of the molecule is CCOc1ccc(/C(O)=C2/C(=O)C(=O)N(c3ccc(C#N)cc3)C2c2ccc(O)cc2)cc1C(C)(C)C. The van der Waals surface area contributed by atoms with Crippen LogP contribution in [0.2, 0.25) is 0 Å². The molecule has 3 aromatic carbocycles. The third-order valence-electron chi connectivity index (χ3n) is 6.29. The summed E-state index contributed by atoms with van der Waals surface area (Å²) in [5, 5.41) is 30.5. The molecular formula is C30H28N2O5. The second kappa shape index (κ2) is 9.82. The number of aliphatic hydroxyl groups is 1. The number of Topliss-reactive ketones (excluding diaryl/α,β-unsaturated/α-hetero) is 1. The molecule has 4 rings (SSSR count).